The summed E-state index contributed by atoms with van der Waals surface area (Å²) in [7, 11) is 0. The molecule has 2 aromatic carbocycles. The number of carbonyl (C=O) groups is 1. The predicted octanol–water partition coefficient (Wildman–Crippen LogP) is 6.38. The van der Waals surface area contributed by atoms with Crippen molar-refractivity contribution >= 4 is 57.9 Å². The first kappa shape index (κ1) is 19.2. The maximum atomic E-state index is 12.4. The van der Waals surface area contributed by atoms with E-state index in [2.05, 4.69) is 10.3 Å². The SMILES string of the molecule is CC(SCc1csc(-c2ccccc2)n1)C(=O)Nc1c(Cl)cccc1Cl. The summed E-state index contributed by atoms with van der Waals surface area (Å²) >= 11 is 15.3. The van der Waals surface area contributed by atoms with Crippen LogP contribution in [0.4, 0.5) is 5.69 Å². The van der Waals surface area contributed by atoms with Crippen LogP contribution in [-0.2, 0) is 10.5 Å². The average Bonchev–Trinajstić information content (AvgIpc) is 3.12. The van der Waals surface area contributed by atoms with Crippen LogP contribution in [0.3, 0.4) is 0 Å². The minimum atomic E-state index is -0.260. The number of anilines is 1. The van der Waals surface area contributed by atoms with Gasteiger partial charge in [0.05, 0.1) is 26.7 Å². The zero-order valence-corrected chi connectivity index (χ0v) is 17.1. The van der Waals surface area contributed by atoms with E-state index >= 15 is 0 Å². The highest BCUT2D eigenvalue weighted by atomic mass is 35.5. The van der Waals surface area contributed by atoms with Crippen molar-refractivity contribution in [1.29, 1.82) is 0 Å². The maximum Gasteiger partial charge on any atom is 0.237 e. The highest BCUT2D eigenvalue weighted by Gasteiger charge is 2.17. The average molecular weight is 423 g/mol. The van der Waals surface area contributed by atoms with E-state index in [1.807, 2.05) is 42.6 Å². The fourth-order valence-electron chi connectivity index (χ4n) is 2.21. The lowest BCUT2D eigenvalue weighted by Gasteiger charge is -2.13. The highest BCUT2D eigenvalue weighted by Crippen LogP contribution is 2.31. The molecule has 0 fully saturated rings. The second kappa shape index (κ2) is 8.91. The van der Waals surface area contributed by atoms with Crippen molar-refractivity contribution in [2.24, 2.45) is 0 Å². The van der Waals surface area contributed by atoms with Crippen LogP contribution in [0.1, 0.15) is 12.6 Å². The van der Waals surface area contributed by atoms with Gasteiger partial charge in [0.15, 0.2) is 0 Å². The number of hydrogen-bond donors (Lipinski definition) is 1. The number of hydrogen-bond acceptors (Lipinski definition) is 4. The van der Waals surface area contributed by atoms with Gasteiger partial charge in [0, 0.05) is 16.7 Å². The van der Waals surface area contributed by atoms with Crippen molar-refractivity contribution < 1.29 is 4.79 Å². The molecule has 7 heteroatoms. The molecule has 1 amide bonds. The van der Waals surface area contributed by atoms with Crippen LogP contribution in [0.5, 0.6) is 0 Å². The zero-order chi connectivity index (χ0) is 18.5. The topological polar surface area (TPSA) is 42.0 Å². The molecule has 0 aliphatic carbocycles. The monoisotopic (exact) mass is 422 g/mol. The number of amides is 1. The van der Waals surface area contributed by atoms with Gasteiger partial charge < -0.3 is 5.32 Å². The molecule has 1 unspecified atom stereocenters. The molecule has 0 saturated carbocycles. The summed E-state index contributed by atoms with van der Waals surface area (Å²) in [6, 6.07) is 15.2. The Balaban J connectivity index is 1.58. The third-order valence-corrected chi connectivity index (χ3v) is 6.38. The molecule has 0 bridgehead atoms. The molecular formula is C19H16Cl2N2OS2. The molecule has 0 aliphatic heterocycles. The highest BCUT2D eigenvalue weighted by molar-refractivity contribution is 7.99. The number of thiazole rings is 1. The molecule has 3 nitrogen and oxygen atoms in total. The van der Waals surface area contributed by atoms with Gasteiger partial charge >= 0.3 is 0 Å². The Labute approximate surface area is 170 Å². The lowest BCUT2D eigenvalue weighted by Crippen LogP contribution is -2.23. The number of halogens is 2. The zero-order valence-electron chi connectivity index (χ0n) is 13.9. The normalized spacial score (nSPS) is 12.0. The summed E-state index contributed by atoms with van der Waals surface area (Å²) in [6.45, 7) is 1.86. The molecule has 134 valence electrons. The van der Waals surface area contributed by atoms with Gasteiger partial charge in [-0.15, -0.1) is 23.1 Å². The number of carbonyl (C=O) groups excluding carboxylic acids is 1. The first-order chi connectivity index (χ1) is 12.5. The summed E-state index contributed by atoms with van der Waals surface area (Å²) in [6.07, 6.45) is 0. The Morgan fingerprint density at radius 1 is 1.15 bits per heavy atom. The first-order valence-electron chi connectivity index (χ1n) is 7.91. The molecule has 1 heterocycles. The van der Waals surface area contributed by atoms with Crippen molar-refractivity contribution in [3.8, 4) is 10.6 Å². The Morgan fingerprint density at radius 2 is 1.85 bits per heavy atom. The van der Waals surface area contributed by atoms with Gasteiger partial charge in [-0.3, -0.25) is 4.79 Å². The molecule has 0 radical (unpaired) electrons. The van der Waals surface area contributed by atoms with Gasteiger partial charge in [-0.2, -0.15) is 0 Å². The van der Waals surface area contributed by atoms with Crippen molar-refractivity contribution in [3.05, 3.63) is 69.7 Å². The van der Waals surface area contributed by atoms with Crippen molar-refractivity contribution in [2.75, 3.05) is 5.32 Å². The van der Waals surface area contributed by atoms with Crippen LogP contribution in [0.25, 0.3) is 10.6 Å². The fraction of sp³-hybridized carbons (Fsp3) is 0.158. The van der Waals surface area contributed by atoms with Crippen LogP contribution in [0.15, 0.2) is 53.9 Å². The number of rotatable bonds is 6. The molecule has 3 aromatic rings. The van der Waals surface area contributed by atoms with Gasteiger partial charge in [-0.1, -0.05) is 59.6 Å². The third-order valence-electron chi connectivity index (χ3n) is 3.63. The smallest absolute Gasteiger partial charge is 0.237 e. The van der Waals surface area contributed by atoms with Crippen LogP contribution in [0.2, 0.25) is 10.0 Å². The van der Waals surface area contributed by atoms with Gasteiger partial charge in [0.25, 0.3) is 0 Å². The molecular weight excluding hydrogens is 407 g/mol. The van der Waals surface area contributed by atoms with E-state index in [-0.39, 0.29) is 11.2 Å². The van der Waals surface area contributed by atoms with E-state index in [1.165, 1.54) is 11.8 Å². The van der Waals surface area contributed by atoms with E-state index in [1.54, 1.807) is 29.5 Å². The third kappa shape index (κ3) is 4.80. The number of aromatic nitrogens is 1. The largest absolute Gasteiger partial charge is 0.323 e. The molecule has 26 heavy (non-hydrogen) atoms. The van der Waals surface area contributed by atoms with E-state index < -0.39 is 0 Å². The molecule has 1 atom stereocenters. The van der Waals surface area contributed by atoms with E-state index in [0.717, 1.165) is 16.3 Å². The second-order valence-electron chi connectivity index (χ2n) is 5.55. The minimum absolute atomic E-state index is 0.136. The molecule has 0 aliphatic rings. The molecule has 1 aromatic heterocycles. The van der Waals surface area contributed by atoms with Crippen molar-refractivity contribution in [3.63, 3.8) is 0 Å². The van der Waals surface area contributed by atoms with Gasteiger partial charge in [-0.25, -0.2) is 4.98 Å². The number of benzene rings is 2. The van der Waals surface area contributed by atoms with Crippen molar-refractivity contribution in [2.45, 2.75) is 17.9 Å². The number of nitrogens with one attached hydrogen (secondary N) is 1. The summed E-state index contributed by atoms with van der Waals surface area (Å²) in [5.41, 5.74) is 2.52. The molecule has 3 rings (SSSR count). The molecule has 0 spiro atoms. The summed E-state index contributed by atoms with van der Waals surface area (Å²) in [5.74, 6) is 0.525. The molecule has 1 N–H and O–H groups in total. The quantitative estimate of drug-likeness (QED) is 0.500. The summed E-state index contributed by atoms with van der Waals surface area (Å²) < 4.78 is 0. The maximum absolute atomic E-state index is 12.4. The van der Waals surface area contributed by atoms with Crippen LogP contribution in [-0.4, -0.2) is 16.1 Å². The van der Waals surface area contributed by atoms with E-state index in [4.69, 9.17) is 23.2 Å². The number of para-hydroxylation sites is 1. The second-order valence-corrected chi connectivity index (χ2v) is 8.55. The number of nitrogens with zero attached hydrogens (tertiary/aromatic N) is 1. The van der Waals surface area contributed by atoms with Crippen molar-refractivity contribution in [1.82, 2.24) is 4.98 Å². The number of thioether (sulfide) groups is 1. The fourth-order valence-corrected chi connectivity index (χ4v) is 4.42. The Kier molecular flexibility index (Phi) is 6.59. The lowest BCUT2D eigenvalue weighted by molar-refractivity contribution is -0.115. The van der Waals surface area contributed by atoms with Crippen LogP contribution >= 0.6 is 46.3 Å². The van der Waals surface area contributed by atoms with Gasteiger partial charge in [-0.05, 0) is 19.1 Å². The van der Waals surface area contributed by atoms with Crippen LogP contribution in [0, 0.1) is 0 Å². The first-order valence-corrected chi connectivity index (χ1v) is 10.6. The predicted molar refractivity (Wildman–Crippen MR) is 113 cm³/mol. The van der Waals surface area contributed by atoms with Gasteiger partial charge in [0.2, 0.25) is 5.91 Å². The summed E-state index contributed by atoms with van der Waals surface area (Å²) in [5, 5.41) is 6.42. The molecule has 0 saturated heterocycles. The Morgan fingerprint density at radius 3 is 2.54 bits per heavy atom. The lowest BCUT2D eigenvalue weighted by atomic mass is 10.2. The van der Waals surface area contributed by atoms with E-state index in [0.29, 0.717) is 21.5 Å². The Hall–Kier alpha value is -1.53. The standard InChI is InChI=1S/C19H16Cl2N2OS2/c1-12(18(24)23-17-15(20)8-5-9-16(17)21)25-10-14-11-26-19(22-14)13-6-3-2-4-7-13/h2-9,11-12H,10H2,1H3,(H,23,24). The van der Waals surface area contributed by atoms with Crippen LogP contribution < -0.4 is 5.32 Å². The minimum Gasteiger partial charge on any atom is -0.323 e. The van der Waals surface area contributed by atoms with E-state index in [9.17, 15) is 4.79 Å². The van der Waals surface area contributed by atoms with Gasteiger partial charge in [0.1, 0.15) is 5.01 Å². The Bertz CT molecular complexity index is 879. The summed E-state index contributed by atoms with van der Waals surface area (Å²) in [4.78, 5) is 17.0.